The van der Waals surface area contributed by atoms with Crippen molar-refractivity contribution in [3.05, 3.63) is 0 Å². The molecule has 0 unspecified atom stereocenters. The van der Waals surface area contributed by atoms with Gasteiger partial charge >= 0.3 is 0 Å². The molecule has 0 radical (unpaired) electrons. The molecule has 138 valence electrons. The summed E-state index contributed by atoms with van der Waals surface area (Å²) in [6.45, 7) is 15.6. The fraction of sp³-hybridized carbons (Fsp3) is 1.00. The van der Waals surface area contributed by atoms with Gasteiger partial charge in [-0.25, -0.2) is 0 Å². The highest BCUT2D eigenvalue weighted by Gasteiger charge is 2.18. The van der Waals surface area contributed by atoms with Crippen LogP contribution < -0.4 is 5.32 Å². The van der Waals surface area contributed by atoms with E-state index >= 15 is 0 Å². The lowest BCUT2D eigenvalue weighted by atomic mass is 10.0. The second-order valence-corrected chi connectivity index (χ2v) is 7.55. The number of rotatable bonds is 13. The number of ether oxygens (including phenoxy) is 2. The van der Waals surface area contributed by atoms with Gasteiger partial charge in [0.2, 0.25) is 0 Å². The van der Waals surface area contributed by atoms with E-state index in [2.05, 4.69) is 37.9 Å². The molecule has 23 heavy (non-hydrogen) atoms. The van der Waals surface area contributed by atoms with E-state index in [1.807, 2.05) is 0 Å². The first-order valence-electron chi connectivity index (χ1n) is 9.71. The van der Waals surface area contributed by atoms with Crippen molar-refractivity contribution in [2.75, 3.05) is 46.1 Å². The smallest absolute Gasteiger partial charge is 0.0701 e. The maximum atomic E-state index is 5.69. The molecule has 1 N–H and O–H groups in total. The summed E-state index contributed by atoms with van der Waals surface area (Å²) in [5.41, 5.74) is 0. The molecule has 0 bridgehead atoms. The van der Waals surface area contributed by atoms with Crippen molar-refractivity contribution in [1.29, 1.82) is 0 Å². The summed E-state index contributed by atoms with van der Waals surface area (Å²) in [6, 6.07) is 1.30. The predicted octanol–water partition coefficient (Wildman–Crippen LogP) is 3.31. The van der Waals surface area contributed by atoms with Crippen molar-refractivity contribution in [1.82, 2.24) is 10.2 Å². The number of nitrogens with one attached hydrogen (secondary N) is 1. The van der Waals surface area contributed by atoms with Crippen LogP contribution in [0.1, 0.15) is 59.8 Å². The molecule has 0 saturated carbocycles. The van der Waals surface area contributed by atoms with Gasteiger partial charge in [-0.1, -0.05) is 40.5 Å². The molecule has 1 aliphatic heterocycles. The molecule has 0 atom stereocenters. The van der Waals surface area contributed by atoms with Crippen molar-refractivity contribution >= 4 is 0 Å². The van der Waals surface area contributed by atoms with E-state index in [1.165, 1.54) is 45.2 Å². The predicted molar refractivity (Wildman–Crippen MR) is 98.1 cm³/mol. The highest BCUT2D eigenvalue weighted by molar-refractivity contribution is 4.78. The molecule has 1 aliphatic rings. The Labute approximate surface area is 144 Å². The Morgan fingerprint density at radius 2 is 1.57 bits per heavy atom. The summed E-state index contributed by atoms with van der Waals surface area (Å²) < 4.78 is 11.3. The average Bonchev–Trinajstić information content (AvgIpc) is 2.50. The summed E-state index contributed by atoms with van der Waals surface area (Å²) >= 11 is 0. The van der Waals surface area contributed by atoms with E-state index in [4.69, 9.17) is 9.47 Å². The van der Waals surface area contributed by atoms with Crippen molar-refractivity contribution in [2.24, 2.45) is 5.92 Å². The zero-order valence-electron chi connectivity index (χ0n) is 16.0. The number of hydrogen-bond acceptors (Lipinski definition) is 4. The van der Waals surface area contributed by atoms with Crippen LogP contribution in [0.15, 0.2) is 0 Å². The SMILES string of the molecule is CC(C)CCCCOCCOCCN1CCC(NC(C)C)CC1. The molecule has 1 fully saturated rings. The van der Waals surface area contributed by atoms with E-state index in [0.29, 0.717) is 12.1 Å². The lowest BCUT2D eigenvalue weighted by Gasteiger charge is -2.33. The maximum Gasteiger partial charge on any atom is 0.0701 e. The Bertz CT molecular complexity index is 264. The lowest BCUT2D eigenvalue weighted by molar-refractivity contribution is 0.0342. The molecule has 0 spiro atoms. The minimum absolute atomic E-state index is 0.597. The first-order valence-corrected chi connectivity index (χ1v) is 9.71. The minimum Gasteiger partial charge on any atom is -0.379 e. The fourth-order valence-corrected chi connectivity index (χ4v) is 3.07. The molecular weight excluding hydrogens is 288 g/mol. The van der Waals surface area contributed by atoms with Crippen LogP contribution >= 0.6 is 0 Å². The Kier molecular flexibility index (Phi) is 12.0. The zero-order chi connectivity index (χ0) is 16.9. The number of unbranched alkanes of at least 4 members (excludes halogenated alkanes) is 1. The summed E-state index contributed by atoms with van der Waals surface area (Å²) in [5.74, 6) is 0.810. The quantitative estimate of drug-likeness (QED) is 0.526. The van der Waals surface area contributed by atoms with Crippen LogP contribution in [0.3, 0.4) is 0 Å². The summed E-state index contributed by atoms with van der Waals surface area (Å²) in [7, 11) is 0. The standard InChI is InChI=1S/C19H40N2O2/c1-17(2)7-5-6-13-22-15-16-23-14-12-21-10-8-19(9-11-21)20-18(3)4/h17-20H,5-16H2,1-4H3. The van der Waals surface area contributed by atoms with Crippen LogP contribution in [0, 0.1) is 5.92 Å². The molecule has 1 saturated heterocycles. The number of piperidine rings is 1. The van der Waals surface area contributed by atoms with Crippen molar-refractivity contribution in [2.45, 2.75) is 71.9 Å². The average molecular weight is 329 g/mol. The molecule has 0 aliphatic carbocycles. The van der Waals surface area contributed by atoms with Crippen molar-refractivity contribution < 1.29 is 9.47 Å². The zero-order valence-corrected chi connectivity index (χ0v) is 16.0. The van der Waals surface area contributed by atoms with Crippen LogP contribution in [-0.4, -0.2) is 63.0 Å². The Hall–Kier alpha value is -0.160. The van der Waals surface area contributed by atoms with Gasteiger partial charge in [-0.05, 0) is 38.3 Å². The molecule has 4 heteroatoms. The summed E-state index contributed by atoms with van der Waals surface area (Å²) in [6.07, 6.45) is 6.29. The monoisotopic (exact) mass is 328 g/mol. The van der Waals surface area contributed by atoms with Crippen LogP contribution in [0.5, 0.6) is 0 Å². The van der Waals surface area contributed by atoms with Gasteiger partial charge in [0, 0.05) is 25.2 Å². The molecule has 0 aromatic heterocycles. The van der Waals surface area contributed by atoms with Gasteiger partial charge in [-0.15, -0.1) is 0 Å². The van der Waals surface area contributed by atoms with E-state index in [9.17, 15) is 0 Å². The first-order chi connectivity index (χ1) is 11.1. The van der Waals surface area contributed by atoms with Gasteiger partial charge < -0.3 is 19.7 Å². The molecule has 0 aromatic carbocycles. The van der Waals surface area contributed by atoms with E-state index < -0.39 is 0 Å². The van der Waals surface area contributed by atoms with Crippen LogP contribution in [0.4, 0.5) is 0 Å². The lowest BCUT2D eigenvalue weighted by Crippen LogP contribution is -2.45. The third-order valence-corrected chi connectivity index (χ3v) is 4.40. The van der Waals surface area contributed by atoms with Gasteiger partial charge in [-0.2, -0.15) is 0 Å². The highest BCUT2D eigenvalue weighted by Crippen LogP contribution is 2.10. The Balaban J connectivity index is 1.83. The summed E-state index contributed by atoms with van der Waals surface area (Å²) in [5, 5.41) is 3.64. The van der Waals surface area contributed by atoms with Crippen molar-refractivity contribution in [3.63, 3.8) is 0 Å². The second-order valence-electron chi connectivity index (χ2n) is 7.55. The molecule has 0 amide bonds. The Morgan fingerprint density at radius 1 is 0.913 bits per heavy atom. The first kappa shape index (κ1) is 20.9. The van der Waals surface area contributed by atoms with Gasteiger partial charge in [0.15, 0.2) is 0 Å². The van der Waals surface area contributed by atoms with Crippen LogP contribution in [-0.2, 0) is 9.47 Å². The largest absolute Gasteiger partial charge is 0.379 e. The molecule has 1 heterocycles. The van der Waals surface area contributed by atoms with Gasteiger partial charge in [0.05, 0.1) is 19.8 Å². The maximum absolute atomic E-state index is 5.69. The summed E-state index contributed by atoms with van der Waals surface area (Å²) in [4.78, 5) is 2.52. The van der Waals surface area contributed by atoms with Crippen molar-refractivity contribution in [3.8, 4) is 0 Å². The number of hydrogen-bond donors (Lipinski definition) is 1. The van der Waals surface area contributed by atoms with E-state index in [0.717, 1.165) is 38.9 Å². The minimum atomic E-state index is 0.597. The van der Waals surface area contributed by atoms with E-state index in [-0.39, 0.29) is 0 Å². The molecular formula is C19H40N2O2. The van der Waals surface area contributed by atoms with Gasteiger partial charge in [0.25, 0.3) is 0 Å². The van der Waals surface area contributed by atoms with Crippen LogP contribution in [0.2, 0.25) is 0 Å². The Morgan fingerprint density at radius 3 is 2.17 bits per heavy atom. The fourth-order valence-electron chi connectivity index (χ4n) is 3.07. The molecule has 4 nitrogen and oxygen atoms in total. The molecule has 0 aromatic rings. The third kappa shape index (κ3) is 11.9. The van der Waals surface area contributed by atoms with Gasteiger partial charge in [0.1, 0.15) is 0 Å². The number of nitrogens with zero attached hydrogens (tertiary/aromatic N) is 1. The van der Waals surface area contributed by atoms with Gasteiger partial charge in [-0.3, -0.25) is 0 Å². The highest BCUT2D eigenvalue weighted by atomic mass is 16.5. The molecule has 1 rings (SSSR count). The normalized spacial score (nSPS) is 17.5. The van der Waals surface area contributed by atoms with E-state index in [1.54, 1.807) is 0 Å². The van der Waals surface area contributed by atoms with Crippen LogP contribution in [0.25, 0.3) is 0 Å². The third-order valence-electron chi connectivity index (χ3n) is 4.40. The topological polar surface area (TPSA) is 33.7 Å². The number of likely N-dealkylation sites (tertiary alicyclic amines) is 1. The second kappa shape index (κ2) is 13.2.